The third kappa shape index (κ3) is 2.76. The normalized spacial score (nSPS) is 24.3. The zero-order chi connectivity index (χ0) is 19.3. The van der Waals surface area contributed by atoms with Crippen LogP contribution in [0.1, 0.15) is 12.5 Å². The first-order valence-corrected chi connectivity index (χ1v) is 9.05. The number of imide groups is 1. The number of allylic oxidation sites excluding steroid dienone is 1. The lowest BCUT2D eigenvalue weighted by Gasteiger charge is -2.40. The van der Waals surface area contributed by atoms with Gasteiger partial charge in [0.05, 0.1) is 13.2 Å². The van der Waals surface area contributed by atoms with Gasteiger partial charge < -0.3 is 19.8 Å². The van der Waals surface area contributed by atoms with E-state index in [1.807, 2.05) is 24.1 Å². The third-order valence-electron chi connectivity index (χ3n) is 5.06. The van der Waals surface area contributed by atoms with Gasteiger partial charge >= 0.3 is 6.03 Å². The number of β-amino-alcohol motifs (C(OH)–C–C–N with tert-alkyl or cyclic N) is 1. The maximum Gasteiger partial charge on any atom is 0.328 e. The quantitative estimate of drug-likeness (QED) is 0.838. The number of benzene rings is 1. The van der Waals surface area contributed by atoms with E-state index in [0.29, 0.717) is 17.5 Å². The highest BCUT2D eigenvalue weighted by atomic mass is 35.5. The number of hydrogen-bond donors (Lipinski definition) is 1. The molecule has 2 atom stereocenters. The van der Waals surface area contributed by atoms with Crippen LogP contribution in [0.3, 0.4) is 0 Å². The fraction of sp³-hybridized carbons (Fsp3) is 0.389. The van der Waals surface area contributed by atoms with Gasteiger partial charge in [0.15, 0.2) is 12.2 Å². The second-order valence-corrected chi connectivity index (χ2v) is 7.22. The number of carbonyl (C=O) groups is 2. The van der Waals surface area contributed by atoms with E-state index < -0.39 is 12.2 Å². The summed E-state index contributed by atoms with van der Waals surface area (Å²) in [7, 11) is 1.65. The van der Waals surface area contributed by atoms with Gasteiger partial charge in [-0.15, -0.1) is 0 Å². The van der Waals surface area contributed by atoms with Crippen molar-refractivity contribution in [2.24, 2.45) is 4.99 Å². The topological polar surface area (TPSA) is 79.7 Å². The highest BCUT2D eigenvalue weighted by Crippen LogP contribution is 2.34. The van der Waals surface area contributed by atoms with Gasteiger partial charge in [0.1, 0.15) is 0 Å². The van der Waals surface area contributed by atoms with E-state index in [1.165, 1.54) is 9.80 Å². The zero-order valence-corrected chi connectivity index (χ0v) is 15.8. The van der Waals surface area contributed by atoms with Crippen LogP contribution >= 0.6 is 11.6 Å². The predicted octanol–water partition coefficient (Wildman–Crippen LogP) is 1.27. The molecule has 0 aromatic heterocycles. The van der Waals surface area contributed by atoms with Crippen LogP contribution in [-0.2, 0) is 11.3 Å². The Balaban J connectivity index is 1.64. The average Bonchev–Trinajstić information content (AvgIpc) is 3.14. The number of urea groups is 1. The molecule has 0 spiro atoms. The molecule has 3 amide bonds. The summed E-state index contributed by atoms with van der Waals surface area (Å²) in [5.41, 5.74) is 1.68. The Kier molecular flexibility index (Phi) is 4.32. The highest BCUT2D eigenvalue weighted by Gasteiger charge is 2.54. The lowest BCUT2D eigenvalue weighted by atomic mass is 10.1. The Morgan fingerprint density at radius 2 is 2.04 bits per heavy atom. The number of aliphatic hydroxyl groups excluding tert-OH is 1. The van der Waals surface area contributed by atoms with Crippen molar-refractivity contribution < 1.29 is 14.7 Å². The number of rotatable bonds is 4. The number of carbonyl (C=O) groups excluding carboxylic acids is 2. The van der Waals surface area contributed by atoms with Crippen molar-refractivity contribution in [3.05, 3.63) is 46.7 Å². The molecule has 3 aliphatic rings. The van der Waals surface area contributed by atoms with E-state index in [9.17, 15) is 14.7 Å². The minimum absolute atomic E-state index is 0.0308. The van der Waals surface area contributed by atoms with Gasteiger partial charge in [0, 0.05) is 30.5 Å². The van der Waals surface area contributed by atoms with Crippen LogP contribution in [0.25, 0.3) is 0 Å². The smallest absolute Gasteiger partial charge is 0.328 e. The molecule has 1 aromatic carbocycles. The van der Waals surface area contributed by atoms with E-state index in [2.05, 4.69) is 4.99 Å². The van der Waals surface area contributed by atoms with Gasteiger partial charge in [0.2, 0.25) is 5.96 Å². The van der Waals surface area contributed by atoms with Gasteiger partial charge in [-0.25, -0.2) is 9.79 Å². The standard InChI is InChI=1S/C18H20ClN5O3/c1-11-9-23-14-15(20-17(23)22(11)6-7-25)21(2)18(27)24(16(14)26)10-12-4-3-5-13(19)8-12/h3-5,8-9,14-15,25H,6-7,10H2,1-2H3. The Labute approximate surface area is 161 Å². The molecule has 9 heteroatoms. The third-order valence-corrected chi connectivity index (χ3v) is 5.29. The largest absolute Gasteiger partial charge is 0.395 e. The molecular formula is C18H20ClN5O3. The molecule has 3 aliphatic heterocycles. The Hall–Kier alpha value is -2.58. The lowest BCUT2D eigenvalue weighted by molar-refractivity contribution is -0.137. The summed E-state index contributed by atoms with van der Waals surface area (Å²) < 4.78 is 0. The molecule has 1 fully saturated rings. The summed E-state index contributed by atoms with van der Waals surface area (Å²) in [5, 5.41) is 9.86. The number of aliphatic hydroxyl groups is 1. The van der Waals surface area contributed by atoms with Gasteiger partial charge in [-0.1, -0.05) is 23.7 Å². The van der Waals surface area contributed by atoms with Crippen molar-refractivity contribution >= 4 is 29.5 Å². The summed E-state index contributed by atoms with van der Waals surface area (Å²) >= 11 is 6.03. The molecule has 1 N–H and O–H groups in total. The molecule has 4 rings (SSSR count). The summed E-state index contributed by atoms with van der Waals surface area (Å²) in [6.07, 6.45) is 1.26. The van der Waals surface area contributed by atoms with E-state index in [0.717, 1.165) is 11.3 Å². The van der Waals surface area contributed by atoms with E-state index in [1.54, 1.807) is 30.1 Å². The Bertz CT molecular complexity index is 870. The summed E-state index contributed by atoms with van der Waals surface area (Å²) in [5.74, 6) is 0.297. The number of likely N-dealkylation sites (N-methyl/N-ethyl adjacent to an activating group) is 1. The Morgan fingerprint density at radius 3 is 2.74 bits per heavy atom. The summed E-state index contributed by atoms with van der Waals surface area (Å²) in [6.45, 7) is 2.40. The van der Waals surface area contributed by atoms with Crippen molar-refractivity contribution in [3.63, 3.8) is 0 Å². The molecular weight excluding hydrogens is 370 g/mol. The molecule has 142 valence electrons. The number of hydrogen-bond acceptors (Lipinski definition) is 6. The number of nitrogens with zero attached hydrogens (tertiary/aromatic N) is 5. The first-order chi connectivity index (χ1) is 12.9. The molecule has 0 bridgehead atoms. The Morgan fingerprint density at radius 1 is 1.26 bits per heavy atom. The van der Waals surface area contributed by atoms with Crippen LogP contribution in [0, 0.1) is 0 Å². The van der Waals surface area contributed by atoms with Gasteiger partial charge in [-0.2, -0.15) is 0 Å². The first-order valence-electron chi connectivity index (χ1n) is 8.68. The average molecular weight is 390 g/mol. The van der Waals surface area contributed by atoms with Crippen molar-refractivity contribution in [2.45, 2.75) is 25.7 Å². The molecule has 1 aromatic rings. The number of guanidine groups is 1. The van der Waals surface area contributed by atoms with Gasteiger partial charge in [-0.05, 0) is 24.6 Å². The second-order valence-electron chi connectivity index (χ2n) is 6.79. The number of amides is 3. The molecule has 3 heterocycles. The van der Waals surface area contributed by atoms with E-state index >= 15 is 0 Å². The molecule has 0 saturated carbocycles. The van der Waals surface area contributed by atoms with Crippen molar-refractivity contribution in [1.29, 1.82) is 0 Å². The lowest BCUT2D eigenvalue weighted by Crippen LogP contribution is -2.63. The molecule has 8 nitrogen and oxygen atoms in total. The van der Waals surface area contributed by atoms with Crippen LogP contribution in [0.5, 0.6) is 0 Å². The molecule has 0 radical (unpaired) electrons. The maximum absolute atomic E-state index is 13.2. The molecule has 0 aliphatic carbocycles. The number of fused-ring (bicyclic) bond motifs is 3. The van der Waals surface area contributed by atoms with Gasteiger partial charge in [-0.3, -0.25) is 9.69 Å². The van der Waals surface area contributed by atoms with Crippen molar-refractivity contribution in [3.8, 4) is 0 Å². The highest BCUT2D eigenvalue weighted by molar-refractivity contribution is 6.30. The number of aliphatic imine (C=N–C) groups is 1. The van der Waals surface area contributed by atoms with Crippen molar-refractivity contribution in [2.75, 3.05) is 20.2 Å². The SMILES string of the molecule is CC1=CN2C(=NC3C2C(=O)N(Cc2cccc(Cl)c2)C(=O)N3C)N1CCO. The van der Waals surface area contributed by atoms with Crippen LogP contribution in [0.2, 0.25) is 5.02 Å². The fourth-order valence-electron chi connectivity index (χ4n) is 3.74. The minimum atomic E-state index is -0.611. The van der Waals surface area contributed by atoms with Crippen LogP contribution < -0.4 is 0 Å². The van der Waals surface area contributed by atoms with Crippen LogP contribution in [0.15, 0.2) is 41.2 Å². The van der Waals surface area contributed by atoms with Crippen LogP contribution in [0.4, 0.5) is 4.79 Å². The van der Waals surface area contributed by atoms with E-state index in [-0.39, 0.29) is 25.1 Å². The molecule has 1 saturated heterocycles. The summed E-state index contributed by atoms with van der Waals surface area (Å²) in [4.78, 5) is 37.0. The maximum atomic E-state index is 13.2. The molecule has 27 heavy (non-hydrogen) atoms. The minimum Gasteiger partial charge on any atom is -0.395 e. The van der Waals surface area contributed by atoms with E-state index in [4.69, 9.17) is 11.6 Å². The fourth-order valence-corrected chi connectivity index (χ4v) is 3.95. The summed E-state index contributed by atoms with van der Waals surface area (Å²) in [6, 6.07) is 6.12. The van der Waals surface area contributed by atoms with Crippen molar-refractivity contribution in [1.82, 2.24) is 19.6 Å². The number of halogens is 1. The first kappa shape index (κ1) is 17.8. The predicted molar refractivity (Wildman–Crippen MR) is 99.6 cm³/mol. The zero-order valence-electron chi connectivity index (χ0n) is 15.0. The monoisotopic (exact) mass is 389 g/mol. The van der Waals surface area contributed by atoms with Gasteiger partial charge in [0.25, 0.3) is 5.91 Å². The van der Waals surface area contributed by atoms with Crippen LogP contribution in [-0.4, -0.2) is 75.0 Å². The second kappa shape index (κ2) is 6.54. The molecule has 2 unspecified atom stereocenters.